The number of nitrogens with one attached hydrogen (secondary N) is 1. The summed E-state index contributed by atoms with van der Waals surface area (Å²) in [5, 5.41) is 74.7. The molecular formula is C45H21N3Na4O4. The van der Waals surface area contributed by atoms with Gasteiger partial charge in [0.25, 0.3) is 0 Å². The van der Waals surface area contributed by atoms with Gasteiger partial charge < -0.3 is 25.7 Å². The van der Waals surface area contributed by atoms with Gasteiger partial charge in [-0.25, -0.2) is 4.52 Å². The molecule has 0 spiro atoms. The molecular weight excluding hydrogens is 738 g/mol. The summed E-state index contributed by atoms with van der Waals surface area (Å²) in [5.74, 6) is -0.506. The quantitative estimate of drug-likeness (QED) is 0.112. The van der Waals surface area contributed by atoms with Gasteiger partial charge in [0.1, 0.15) is 5.52 Å². The second-order valence-corrected chi connectivity index (χ2v) is 13.7. The van der Waals surface area contributed by atoms with E-state index in [0.29, 0.717) is 54.5 Å². The maximum absolute atomic E-state index is 14.4. The van der Waals surface area contributed by atoms with E-state index in [1.807, 2.05) is 71.2 Å². The van der Waals surface area contributed by atoms with Crippen LogP contribution in [-0.4, -0.2) is 9.61 Å². The van der Waals surface area contributed by atoms with Gasteiger partial charge in [-0.3, -0.25) is 0 Å². The Labute approximate surface area is 406 Å². The third-order valence-corrected chi connectivity index (χ3v) is 11.2. The molecule has 0 saturated carbocycles. The van der Waals surface area contributed by atoms with Crippen LogP contribution in [0.3, 0.4) is 0 Å². The van der Waals surface area contributed by atoms with Crippen LogP contribution in [0.1, 0.15) is 0 Å². The van der Waals surface area contributed by atoms with Crippen LogP contribution in [0.4, 0.5) is 11.4 Å². The number of fused-ring (bicyclic) bond motifs is 8. The minimum Gasteiger partial charge on any atom is -0.872 e. The first kappa shape index (κ1) is 39.6. The van der Waals surface area contributed by atoms with E-state index in [9.17, 15) is 20.4 Å². The van der Waals surface area contributed by atoms with Crippen molar-refractivity contribution < 1.29 is 139 Å². The van der Waals surface area contributed by atoms with Gasteiger partial charge in [0.15, 0.2) is 0 Å². The maximum Gasteiger partial charge on any atom is 1.00 e. The number of anilines is 2. The summed E-state index contributed by atoms with van der Waals surface area (Å²) in [6.45, 7) is 0. The Morgan fingerprint density at radius 3 is 1.64 bits per heavy atom. The molecule has 0 unspecified atom stereocenters. The van der Waals surface area contributed by atoms with Crippen molar-refractivity contribution in [3.05, 3.63) is 121 Å². The molecule has 7 nitrogen and oxygen atoms in total. The van der Waals surface area contributed by atoms with Gasteiger partial charge in [0, 0.05) is 32.9 Å². The van der Waals surface area contributed by atoms with Crippen LogP contribution in [0, 0.1) is 0 Å². The van der Waals surface area contributed by atoms with Crippen LogP contribution in [0.2, 0.25) is 0 Å². The Morgan fingerprint density at radius 2 is 0.911 bits per heavy atom. The topological polar surface area (TPSA) is 122 Å². The molecule has 244 valence electrons. The number of rotatable bonds is 2. The van der Waals surface area contributed by atoms with E-state index in [1.54, 1.807) is 42.5 Å². The first-order valence-electron chi connectivity index (χ1n) is 17.1. The molecule has 0 bridgehead atoms. The van der Waals surface area contributed by atoms with Crippen molar-refractivity contribution >= 4 is 114 Å². The van der Waals surface area contributed by atoms with Gasteiger partial charge in [-0.2, -0.15) is 5.10 Å². The van der Waals surface area contributed by atoms with Crippen molar-refractivity contribution in [2.75, 3.05) is 5.32 Å². The molecule has 10 aromatic carbocycles. The summed E-state index contributed by atoms with van der Waals surface area (Å²) in [5.41, 5.74) is 3.69. The predicted molar refractivity (Wildman–Crippen MR) is 203 cm³/mol. The van der Waals surface area contributed by atoms with Crippen LogP contribution < -0.4 is 144 Å². The van der Waals surface area contributed by atoms with E-state index in [4.69, 9.17) is 5.10 Å². The number of pyridine rings is 1. The van der Waals surface area contributed by atoms with Gasteiger partial charge in [0.2, 0.25) is 0 Å². The average Bonchev–Trinajstić information content (AvgIpc) is 3.59. The number of benzene rings is 10. The molecule has 0 atom stereocenters. The smallest absolute Gasteiger partial charge is 0.872 e. The zero-order chi connectivity index (χ0) is 34.6. The second-order valence-electron chi connectivity index (χ2n) is 13.7. The van der Waals surface area contributed by atoms with Gasteiger partial charge in [0.05, 0.1) is 11.0 Å². The number of aromatic nitrogens is 2. The summed E-state index contributed by atoms with van der Waals surface area (Å²) in [4.78, 5) is 0. The van der Waals surface area contributed by atoms with Crippen molar-refractivity contribution in [2.45, 2.75) is 0 Å². The molecule has 0 aliphatic heterocycles. The Kier molecular flexibility index (Phi) is 10.1. The van der Waals surface area contributed by atoms with E-state index in [-0.39, 0.29) is 141 Å². The standard InChI is InChI=1S/C45H25N3O4.4Na/c49-42-27-7-2-1-6-25(27)40-39-32(42)17-15-26-24-14-16-31-36-23(18-19-35(38(24)36)48(47-40)41(26)39)22-13-12-21(20-33(22)44(31)51)46-34-11-5-10-30-37(34)45(52)29-9-4-3-8-28(29)43(30)50;;;;/h1-20,46,49-52H;;;;/q;4*+1/p-4. The Bertz CT molecular complexity index is 3570. The molecule has 0 amide bonds. The summed E-state index contributed by atoms with van der Waals surface area (Å²) in [7, 11) is 0. The molecule has 12 aromatic rings. The predicted octanol–water partition coefficient (Wildman–Crippen LogP) is -3.36. The van der Waals surface area contributed by atoms with Gasteiger partial charge in [-0.1, -0.05) is 120 Å². The fourth-order valence-corrected chi connectivity index (χ4v) is 8.94. The van der Waals surface area contributed by atoms with E-state index < -0.39 is 0 Å². The SMILES string of the molecule is [Na+].[Na+].[Na+].[Na+].[O-]c1c2ccccc2c([O-])c2c(Nc3ccc4c(c3)c([O-])c3ccc5c6ccc7c([O-])c8ccccc8c8nn(c9ccc4c3c59)c6c78)cccc12. The van der Waals surface area contributed by atoms with Crippen LogP contribution in [0.25, 0.3) is 103 Å². The van der Waals surface area contributed by atoms with Crippen LogP contribution in [0.5, 0.6) is 23.0 Å². The molecule has 11 heteroatoms. The third-order valence-electron chi connectivity index (χ3n) is 11.2. The second kappa shape index (κ2) is 14.2. The first-order chi connectivity index (χ1) is 25.5. The molecule has 0 saturated heterocycles. The largest absolute Gasteiger partial charge is 1.00 e. The molecule has 12 rings (SSSR count). The van der Waals surface area contributed by atoms with E-state index in [1.165, 1.54) is 0 Å². The molecule has 2 aromatic heterocycles. The van der Waals surface area contributed by atoms with Crippen molar-refractivity contribution in [2.24, 2.45) is 0 Å². The van der Waals surface area contributed by atoms with E-state index >= 15 is 0 Å². The normalized spacial score (nSPS) is 11.6. The summed E-state index contributed by atoms with van der Waals surface area (Å²) in [6.07, 6.45) is 0. The van der Waals surface area contributed by atoms with Crippen molar-refractivity contribution in [1.82, 2.24) is 9.61 Å². The van der Waals surface area contributed by atoms with Crippen molar-refractivity contribution in [1.29, 1.82) is 0 Å². The summed E-state index contributed by atoms with van der Waals surface area (Å²) < 4.78 is 1.95. The summed E-state index contributed by atoms with van der Waals surface area (Å²) in [6, 6.07) is 37.4. The number of hydrogen-bond donors (Lipinski definition) is 1. The monoisotopic (exact) mass is 759 g/mol. The average molecular weight is 760 g/mol. The minimum absolute atomic E-state index is 0. The summed E-state index contributed by atoms with van der Waals surface area (Å²) >= 11 is 0. The van der Waals surface area contributed by atoms with Gasteiger partial charge >= 0.3 is 118 Å². The van der Waals surface area contributed by atoms with Gasteiger partial charge in [-0.15, -0.1) is 0 Å². The molecule has 0 radical (unpaired) electrons. The molecule has 0 aliphatic rings. The maximum atomic E-state index is 14.4. The Balaban J connectivity index is 0.00000110. The molecule has 1 N–H and O–H groups in total. The van der Waals surface area contributed by atoms with Gasteiger partial charge in [-0.05, 0) is 88.9 Å². The molecule has 0 aliphatic carbocycles. The minimum atomic E-state index is -0.215. The molecule has 56 heavy (non-hydrogen) atoms. The Morgan fingerprint density at radius 1 is 0.393 bits per heavy atom. The zero-order valence-corrected chi connectivity index (χ0v) is 39.1. The van der Waals surface area contributed by atoms with Crippen molar-refractivity contribution in [3.8, 4) is 23.0 Å². The fourth-order valence-electron chi connectivity index (χ4n) is 8.94. The third kappa shape index (κ3) is 5.11. The van der Waals surface area contributed by atoms with E-state index in [2.05, 4.69) is 17.4 Å². The van der Waals surface area contributed by atoms with Crippen LogP contribution >= 0.6 is 0 Å². The zero-order valence-electron chi connectivity index (χ0n) is 31.1. The Hall–Kier alpha value is -3.25. The molecule has 2 heterocycles. The van der Waals surface area contributed by atoms with Crippen molar-refractivity contribution in [3.63, 3.8) is 0 Å². The van der Waals surface area contributed by atoms with E-state index in [0.717, 1.165) is 59.6 Å². The fraction of sp³-hybridized carbons (Fsp3) is 0. The first-order valence-corrected chi connectivity index (χ1v) is 17.1. The number of hydrogen-bond acceptors (Lipinski definition) is 6. The van der Waals surface area contributed by atoms with Crippen LogP contribution in [-0.2, 0) is 0 Å². The molecule has 0 fully saturated rings. The number of nitrogens with zero attached hydrogens (tertiary/aromatic N) is 2. The van der Waals surface area contributed by atoms with Crippen LogP contribution in [0.15, 0.2) is 121 Å².